The summed E-state index contributed by atoms with van der Waals surface area (Å²) in [5.74, 6) is 0. The zero-order valence-electron chi connectivity index (χ0n) is 7.19. The monoisotopic (exact) mass is 181 g/mol. The van der Waals surface area contributed by atoms with Crippen molar-refractivity contribution in [2.75, 3.05) is 0 Å². The van der Waals surface area contributed by atoms with Crippen molar-refractivity contribution in [2.45, 2.75) is 26.3 Å². The maximum absolute atomic E-state index is 8.22. The van der Waals surface area contributed by atoms with Gasteiger partial charge in [0.1, 0.15) is 0 Å². The van der Waals surface area contributed by atoms with Gasteiger partial charge in [-0.15, -0.1) is 11.3 Å². The third-order valence-corrected chi connectivity index (χ3v) is 3.07. The van der Waals surface area contributed by atoms with Crippen molar-refractivity contribution in [1.82, 2.24) is 0 Å². The number of hydrogen-bond acceptors (Lipinski definition) is 2. The third-order valence-electron chi connectivity index (χ3n) is 1.67. The highest BCUT2D eigenvalue weighted by molar-refractivity contribution is 7.12. The fourth-order valence-electron chi connectivity index (χ4n) is 0.943. The average molecular weight is 181 g/mol. The highest BCUT2D eigenvalue weighted by atomic mass is 32.1. The Labute approximate surface area is 75.7 Å². The van der Waals surface area contributed by atoms with Crippen LogP contribution in [0.2, 0.25) is 0 Å². The van der Waals surface area contributed by atoms with Gasteiger partial charge in [0.2, 0.25) is 0 Å². The van der Waals surface area contributed by atoms with E-state index in [2.05, 4.69) is 23.0 Å². The van der Waals surface area contributed by atoms with Crippen LogP contribution in [0.1, 0.15) is 29.6 Å². The molecule has 0 N–H and O–H groups in total. The minimum absolute atomic E-state index is 0.0275. The van der Waals surface area contributed by atoms with Crippen LogP contribution in [0.15, 0.2) is 17.2 Å². The van der Waals surface area contributed by atoms with Crippen LogP contribution in [0.5, 0.6) is 0 Å². The molecule has 12 heavy (non-hydrogen) atoms. The Bertz CT molecular complexity index is 299. The second-order valence-electron chi connectivity index (χ2n) is 2.54. The Morgan fingerprint density at radius 1 is 1.67 bits per heavy atom. The molecule has 0 bridgehead atoms. The Morgan fingerprint density at radius 3 is 2.92 bits per heavy atom. The van der Waals surface area contributed by atoms with Gasteiger partial charge in [-0.2, -0.15) is 0 Å². The Balaban J connectivity index is 2.81. The summed E-state index contributed by atoms with van der Waals surface area (Å²) >= 11 is 1.72. The summed E-state index contributed by atoms with van der Waals surface area (Å²) in [6.45, 7) is 4.03. The summed E-state index contributed by atoms with van der Waals surface area (Å²) in [6.07, 6.45) is 1.05. The van der Waals surface area contributed by atoms with Crippen molar-refractivity contribution < 1.29 is 0 Å². The molecule has 0 saturated heterocycles. The molecule has 0 fully saturated rings. The summed E-state index contributed by atoms with van der Waals surface area (Å²) in [5, 5.41) is 3.63. The van der Waals surface area contributed by atoms with E-state index in [1.165, 1.54) is 4.88 Å². The van der Waals surface area contributed by atoms with Gasteiger partial charge in [0, 0.05) is 14.7 Å². The first-order chi connectivity index (χ1) is 5.77. The van der Waals surface area contributed by atoms with E-state index in [-0.39, 0.29) is 6.04 Å². The van der Waals surface area contributed by atoms with Crippen LogP contribution in [0.4, 0.5) is 0 Å². The first-order valence-corrected chi connectivity index (χ1v) is 4.72. The second kappa shape index (κ2) is 4.14. The predicted octanol–water partition coefficient (Wildman–Crippen LogP) is 3.68. The molecule has 1 aromatic heterocycles. The number of aryl methyl sites for hydroxylation is 1. The third kappa shape index (κ3) is 2.00. The normalized spacial score (nSPS) is 12.2. The summed E-state index contributed by atoms with van der Waals surface area (Å²) in [4.78, 5) is 5.26. The first-order valence-electron chi connectivity index (χ1n) is 3.90. The van der Waals surface area contributed by atoms with Gasteiger partial charge in [-0.3, -0.25) is 0 Å². The average Bonchev–Trinajstić information content (AvgIpc) is 2.52. The van der Waals surface area contributed by atoms with Crippen LogP contribution in [-0.4, -0.2) is 0 Å². The molecule has 0 aliphatic rings. The molecule has 1 heterocycles. The lowest BCUT2D eigenvalue weighted by molar-refractivity contribution is 0.827. The first kappa shape index (κ1) is 9.10. The highest BCUT2D eigenvalue weighted by Crippen LogP contribution is 2.25. The molecule has 0 amide bonds. The lowest BCUT2D eigenvalue weighted by atomic mass is 10.3. The van der Waals surface area contributed by atoms with Crippen molar-refractivity contribution >= 4 is 11.3 Å². The largest absolute Gasteiger partial charge is 0.145 e. The van der Waals surface area contributed by atoms with Gasteiger partial charge >= 0.3 is 0 Å². The summed E-state index contributed by atoms with van der Waals surface area (Å²) in [5.41, 5.74) is 8.22. The van der Waals surface area contributed by atoms with Crippen molar-refractivity contribution in [3.05, 3.63) is 32.3 Å². The molecule has 0 saturated carbocycles. The van der Waals surface area contributed by atoms with E-state index in [0.29, 0.717) is 0 Å². The molecule has 0 aliphatic heterocycles. The fourth-order valence-corrected chi connectivity index (χ4v) is 1.88. The van der Waals surface area contributed by atoms with E-state index < -0.39 is 0 Å². The van der Waals surface area contributed by atoms with Crippen LogP contribution >= 0.6 is 11.3 Å². The smallest absolute Gasteiger partial charge is 0.0690 e. The van der Waals surface area contributed by atoms with Crippen molar-refractivity contribution in [2.24, 2.45) is 5.11 Å². The zero-order chi connectivity index (χ0) is 8.97. The molecule has 4 heteroatoms. The van der Waals surface area contributed by atoms with E-state index in [1.54, 1.807) is 11.3 Å². The van der Waals surface area contributed by atoms with E-state index in [1.807, 2.05) is 13.0 Å². The second-order valence-corrected chi connectivity index (χ2v) is 3.74. The quantitative estimate of drug-likeness (QED) is 0.388. The number of rotatable bonds is 3. The van der Waals surface area contributed by atoms with Gasteiger partial charge in [0.15, 0.2) is 0 Å². The molecule has 3 nitrogen and oxygen atoms in total. The topological polar surface area (TPSA) is 48.8 Å². The van der Waals surface area contributed by atoms with Crippen molar-refractivity contribution in [1.29, 1.82) is 0 Å². The molecule has 1 rings (SSSR count). The van der Waals surface area contributed by atoms with Gasteiger partial charge < -0.3 is 0 Å². The molecule has 1 aromatic rings. The molecule has 0 unspecified atom stereocenters. The van der Waals surface area contributed by atoms with Crippen LogP contribution in [0, 0.1) is 0 Å². The van der Waals surface area contributed by atoms with Gasteiger partial charge in [-0.25, -0.2) is 0 Å². The molecule has 0 radical (unpaired) electrons. The van der Waals surface area contributed by atoms with Crippen molar-refractivity contribution in [3.8, 4) is 0 Å². The lowest BCUT2D eigenvalue weighted by Gasteiger charge is -1.97. The van der Waals surface area contributed by atoms with E-state index in [9.17, 15) is 0 Å². The lowest BCUT2D eigenvalue weighted by Crippen LogP contribution is -1.80. The van der Waals surface area contributed by atoms with Gasteiger partial charge in [-0.05, 0) is 24.1 Å². The summed E-state index contributed by atoms with van der Waals surface area (Å²) in [6, 6.07) is 4.09. The number of thiophene rings is 1. The zero-order valence-corrected chi connectivity index (χ0v) is 8.01. The number of azide groups is 1. The standard InChI is InChI=1S/C8H11N3S/c1-3-7-4-5-8(12-7)6(2)10-11-9/h4-6H,3H2,1-2H3/t6-/m0/s1. The molecular weight excluding hydrogens is 170 g/mol. The molecule has 1 atom stereocenters. The molecule has 0 aromatic carbocycles. The van der Waals surface area contributed by atoms with Crippen LogP contribution < -0.4 is 0 Å². The number of hydrogen-bond donors (Lipinski definition) is 0. The van der Waals surface area contributed by atoms with E-state index >= 15 is 0 Å². The highest BCUT2D eigenvalue weighted by Gasteiger charge is 2.04. The Morgan fingerprint density at radius 2 is 2.42 bits per heavy atom. The summed E-state index contributed by atoms with van der Waals surface area (Å²) in [7, 11) is 0. The number of nitrogens with zero attached hydrogens (tertiary/aromatic N) is 3. The Kier molecular flexibility index (Phi) is 3.14. The van der Waals surface area contributed by atoms with Crippen LogP contribution in [0.3, 0.4) is 0 Å². The Hall–Kier alpha value is -0.990. The van der Waals surface area contributed by atoms with Crippen LogP contribution in [-0.2, 0) is 6.42 Å². The predicted molar refractivity (Wildman–Crippen MR) is 51.3 cm³/mol. The fraction of sp³-hybridized carbons (Fsp3) is 0.500. The van der Waals surface area contributed by atoms with Crippen LogP contribution in [0.25, 0.3) is 10.4 Å². The van der Waals surface area contributed by atoms with Gasteiger partial charge in [0.05, 0.1) is 6.04 Å². The maximum atomic E-state index is 8.22. The maximum Gasteiger partial charge on any atom is 0.0690 e. The molecule has 64 valence electrons. The van der Waals surface area contributed by atoms with E-state index in [4.69, 9.17) is 5.53 Å². The minimum Gasteiger partial charge on any atom is -0.145 e. The molecular formula is C8H11N3S. The van der Waals surface area contributed by atoms with Gasteiger partial charge in [-0.1, -0.05) is 19.0 Å². The van der Waals surface area contributed by atoms with E-state index in [0.717, 1.165) is 11.3 Å². The summed E-state index contributed by atoms with van der Waals surface area (Å²) < 4.78 is 0. The minimum atomic E-state index is -0.0275. The molecule has 0 aliphatic carbocycles. The molecule has 0 spiro atoms. The van der Waals surface area contributed by atoms with Crippen molar-refractivity contribution in [3.63, 3.8) is 0 Å². The SMILES string of the molecule is CCc1ccc([C@H](C)N=[N+]=[N-])s1. The van der Waals surface area contributed by atoms with Gasteiger partial charge in [0.25, 0.3) is 0 Å².